The highest BCUT2D eigenvalue weighted by atomic mass is 35.5. The number of aromatic amines is 1. The van der Waals surface area contributed by atoms with E-state index in [4.69, 9.17) is 20.8 Å². The van der Waals surface area contributed by atoms with Gasteiger partial charge in [0.1, 0.15) is 18.1 Å². The first-order chi connectivity index (χ1) is 12.6. The van der Waals surface area contributed by atoms with Gasteiger partial charge in [0.25, 0.3) is 0 Å². The zero-order valence-electron chi connectivity index (χ0n) is 14.0. The first-order valence-corrected chi connectivity index (χ1v) is 9.15. The second-order valence-electron chi connectivity index (χ2n) is 5.43. The molecule has 0 saturated carbocycles. The van der Waals surface area contributed by atoms with E-state index < -0.39 is 0 Å². The largest absolute Gasteiger partial charge is 0.486 e. The van der Waals surface area contributed by atoms with Crippen LogP contribution < -0.4 is 4.74 Å². The molecular formula is C17H17ClN4O3S. The van der Waals surface area contributed by atoms with Crippen molar-refractivity contribution in [2.75, 3.05) is 12.8 Å². The van der Waals surface area contributed by atoms with Crippen LogP contribution in [0, 0.1) is 0 Å². The lowest BCUT2D eigenvalue weighted by Crippen LogP contribution is -2.27. The minimum atomic E-state index is -0.0323. The van der Waals surface area contributed by atoms with E-state index >= 15 is 0 Å². The van der Waals surface area contributed by atoms with E-state index in [0.717, 1.165) is 5.76 Å². The summed E-state index contributed by atoms with van der Waals surface area (Å²) in [6.45, 7) is 0.683. The Morgan fingerprint density at radius 1 is 1.35 bits per heavy atom. The summed E-state index contributed by atoms with van der Waals surface area (Å²) in [6.07, 6.45) is 1.59. The number of halogens is 1. The number of nitrogens with one attached hydrogen (secondary N) is 1. The molecule has 0 spiro atoms. The predicted octanol–water partition coefficient (Wildman–Crippen LogP) is 3.38. The van der Waals surface area contributed by atoms with E-state index in [-0.39, 0.29) is 18.3 Å². The van der Waals surface area contributed by atoms with E-state index in [0.29, 0.717) is 28.3 Å². The molecule has 0 unspecified atom stereocenters. The van der Waals surface area contributed by atoms with Gasteiger partial charge in [0, 0.05) is 12.1 Å². The molecular weight excluding hydrogens is 376 g/mol. The number of benzene rings is 1. The lowest BCUT2D eigenvalue weighted by Gasteiger charge is -2.14. The SMILES string of the molecule is CN(Cc1ccco1)C(=O)CSc1n[nH]c(COc2ccc(Cl)cc2)n1. The summed E-state index contributed by atoms with van der Waals surface area (Å²) in [6, 6.07) is 10.7. The number of thioether (sulfide) groups is 1. The molecule has 0 fully saturated rings. The van der Waals surface area contributed by atoms with Gasteiger partial charge in [0.05, 0.1) is 18.6 Å². The third-order valence-corrected chi connectivity index (χ3v) is 4.51. The van der Waals surface area contributed by atoms with Gasteiger partial charge in [-0.15, -0.1) is 5.10 Å². The molecule has 0 aliphatic heterocycles. The van der Waals surface area contributed by atoms with Gasteiger partial charge >= 0.3 is 0 Å². The second kappa shape index (κ2) is 8.77. The molecule has 3 aromatic rings. The van der Waals surface area contributed by atoms with Gasteiger partial charge in [-0.1, -0.05) is 23.4 Å². The number of hydrogen-bond donors (Lipinski definition) is 1. The van der Waals surface area contributed by atoms with Crippen LogP contribution in [-0.4, -0.2) is 38.8 Å². The lowest BCUT2D eigenvalue weighted by atomic mass is 10.3. The molecule has 0 saturated heterocycles. The van der Waals surface area contributed by atoms with Crippen molar-refractivity contribution in [2.45, 2.75) is 18.3 Å². The van der Waals surface area contributed by atoms with Gasteiger partial charge in [-0.25, -0.2) is 4.98 Å². The monoisotopic (exact) mass is 392 g/mol. The first kappa shape index (κ1) is 18.3. The van der Waals surface area contributed by atoms with E-state index in [1.54, 1.807) is 48.5 Å². The highest BCUT2D eigenvalue weighted by Gasteiger charge is 2.13. The minimum Gasteiger partial charge on any atom is -0.486 e. The summed E-state index contributed by atoms with van der Waals surface area (Å²) < 4.78 is 10.8. The number of nitrogens with zero attached hydrogens (tertiary/aromatic N) is 3. The van der Waals surface area contributed by atoms with Crippen LogP contribution in [0.25, 0.3) is 0 Å². The molecule has 136 valence electrons. The van der Waals surface area contributed by atoms with Crippen LogP contribution >= 0.6 is 23.4 Å². The van der Waals surface area contributed by atoms with Crippen molar-refractivity contribution >= 4 is 29.3 Å². The summed E-state index contributed by atoms with van der Waals surface area (Å²) >= 11 is 7.10. The zero-order chi connectivity index (χ0) is 18.4. The van der Waals surface area contributed by atoms with E-state index in [2.05, 4.69) is 15.2 Å². The van der Waals surface area contributed by atoms with Crippen molar-refractivity contribution in [1.82, 2.24) is 20.1 Å². The Morgan fingerprint density at radius 2 is 2.15 bits per heavy atom. The summed E-state index contributed by atoms with van der Waals surface area (Å²) in [7, 11) is 1.73. The average Bonchev–Trinajstić information content (AvgIpc) is 3.31. The molecule has 1 amide bonds. The van der Waals surface area contributed by atoms with Crippen LogP contribution in [0.5, 0.6) is 5.75 Å². The van der Waals surface area contributed by atoms with Crippen molar-refractivity contribution in [3.05, 3.63) is 59.3 Å². The fourth-order valence-electron chi connectivity index (χ4n) is 2.05. The van der Waals surface area contributed by atoms with Gasteiger partial charge < -0.3 is 14.1 Å². The molecule has 2 heterocycles. The molecule has 2 aromatic heterocycles. The highest BCUT2D eigenvalue weighted by molar-refractivity contribution is 7.99. The first-order valence-electron chi connectivity index (χ1n) is 7.79. The third-order valence-electron chi connectivity index (χ3n) is 3.42. The van der Waals surface area contributed by atoms with Crippen molar-refractivity contribution in [3.8, 4) is 5.75 Å². The van der Waals surface area contributed by atoms with Gasteiger partial charge in [-0.3, -0.25) is 9.89 Å². The Hall–Kier alpha value is -2.45. The van der Waals surface area contributed by atoms with E-state index in [9.17, 15) is 4.79 Å². The minimum absolute atomic E-state index is 0.0323. The number of H-pyrrole nitrogens is 1. The number of amides is 1. The fraction of sp³-hybridized carbons (Fsp3) is 0.235. The molecule has 9 heteroatoms. The molecule has 3 rings (SSSR count). The van der Waals surface area contributed by atoms with Gasteiger partial charge in [0.2, 0.25) is 11.1 Å². The Kier molecular flexibility index (Phi) is 6.19. The second-order valence-corrected chi connectivity index (χ2v) is 6.80. The number of carbonyl (C=O) groups excluding carboxylic acids is 1. The zero-order valence-corrected chi connectivity index (χ0v) is 15.6. The molecule has 0 aliphatic carbocycles. The number of carbonyl (C=O) groups is 1. The number of furan rings is 1. The molecule has 0 bridgehead atoms. The van der Waals surface area contributed by atoms with E-state index in [1.807, 2.05) is 6.07 Å². The van der Waals surface area contributed by atoms with Crippen LogP contribution in [-0.2, 0) is 17.9 Å². The van der Waals surface area contributed by atoms with Crippen molar-refractivity contribution in [2.24, 2.45) is 0 Å². The molecule has 1 aromatic carbocycles. The normalized spacial score (nSPS) is 10.7. The van der Waals surface area contributed by atoms with Crippen LogP contribution in [0.1, 0.15) is 11.6 Å². The number of hydrogen-bond acceptors (Lipinski definition) is 6. The topological polar surface area (TPSA) is 84.2 Å². The highest BCUT2D eigenvalue weighted by Crippen LogP contribution is 2.17. The molecule has 0 aliphatic rings. The summed E-state index contributed by atoms with van der Waals surface area (Å²) in [4.78, 5) is 18.1. The van der Waals surface area contributed by atoms with Crippen molar-refractivity contribution in [1.29, 1.82) is 0 Å². The maximum absolute atomic E-state index is 12.1. The van der Waals surface area contributed by atoms with Crippen LogP contribution in [0.2, 0.25) is 5.02 Å². The molecule has 7 nitrogen and oxygen atoms in total. The quantitative estimate of drug-likeness (QED) is 0.591. The van der Waals surface area contributed by atoms with Crippen molar-refractivity contribution in [3.63, 3.8) is 0 Å². The molecule has 26 heavy (non-hydrogen) atoms. The lowest BCUT2D eigenvalue weighted by molar-refractivity contribution is -0.127. The average molecular weight is 393 g/mol. The fourth-order valence-corrected chi connectivity index (χ4v) is 2.93. The third kappa shape index (κ3) is 5.27. The standard InChI is InChI=1S/C17H17ClN4O3S/c1-22(9-14-3-2-8-24-14)16(23)11-26-17-19-15(20-21-17)10-25-13-6-4-12(18)5-7-13/h2-8H,9-11H2,1H3,(H,19,20,21). The Bertz CT molecular complexity index is 836. The Balaban J connectivity index is 1.44. The van der Waals surface area contributed by atoms with Gasteiger partial charge in [0.15, 0.2) is 5.82 Å². The van der Waals surface area contributed by atoms with Crippen LogP contribution in [0.15, 0.2) is 52.2 Å². The van der Waals surface area contributed by atoms with Crippen molar-refractivity contribution < 1.29 is 13.9 Å². The van der Waals surface area contributed by atoms with Gasteiger partial charge in [-0.2, -0.15) is 0 Å². The summed E-state index contributed by atoms with van der Waals surface area (Å²) in [5.41, 5.74) is 0. The van der Waals surface area contributed by atoms with E-state index in [1.165, 1.54) is 11.8 Å². The number of rotatable bonds is 8. The Morgan fingerprint density at radius 3 is 2.88 bits per heavy atom. The number of aromatic nitrogens is 3. The summed E-state index contributed by atoms with van der Waals surface area (Å²) in [5, 5.41) is 8.04. The van der Waals surface area contributed by atoms with Crippen LogP contribution in [0.4, 0.5) is 0 Å². The predicted molar refractivity (Wildman–Crippen MR) is 98.1 cm³/mol. The van der Waals surface area contributed by atoms with Crippen LogP contribution in [0.3, 0.4) is 0 Å². The number of ether oxygens (including phenoxy) is 1. The maximum atomic E-state index is 12.1. The maximum Gasteiger partial charge on any atom is 0.233 e. The molecule has 0 radical (unpaired) electrons. The van der Waals surface area contributed by atoms with Gasteiger partial charge in [-0.05, 0) is 36.4 Å². The molecule has 0 atom stereocenters. The smallest absolute Gasteiger partial charge is 0.233 e. The molecule has 1 N–H and O–H groups in total. The Labute approximate surface area is 159 Å². The summed E-state index contributed by atoms with van der Waals surface area (Å²) in [5.74, 6) is 2.22.